The van der Waals surface area contributed by atoms with Crippen molar-refractivity contribution in [2.75, 3.05) is 13.1 Å². The van der Waals surface area contributed by atoms with Gasteiger partial charge in [-0.15, -0.1) is 0 Å². The molecule has 0 radical (unpaired) electrons. The van der Waals surface area contributed by atoms with Crippen LogP contribution in [0, 0.1) is 0 Å². The minimum absolute atomic E-state index is 0.568. The number of piperidine rings is 1. The topological polar surface area (TPSA) is 38.9 Å². The highest BCUT2D eigenvalue weighted by atomic mass is 35.5. The summed E-state index contributed by atoms with van der Waals surface area (Å²) in [4.78, 5) is 6.91. The van der Waals surface area contributed by atoms with E-state index in [4.69, 9.17) is 11.6 Å². The average molecular weight is 406 g/mol. The quantitative estimate of drug-likeness (QED) is 0.490. The molecule has 4 heterocycles. The minimum Gasteiger partial charge on any atom is -0.315 e. The Hall–Kier alpha value is -2.63. The molecule has 4 aromatic rings. The highest BCUT2D eigenvalue weighted by Gasteiger charge is 2.24. The molecule has 1 fully saturated rings. The number of aromatic nitrogens is 4. The van der Waals surface area contributed by atoms with E-state index in [-0.39, 0.29) is 0 Å². The molecule has 1 aliphatic heterocycles. The number of rotatable bonds is 4. The molecular formula is C23H24ClN5. The smallest absolute Gasteiger partial charge is 0.0715 e. The minimum atomic E-state index is 0.568. The summed E-state index contributed by atoms with van der Waals surface area (Å²) in [5.41, 5.74) is 4.99. The van der Waals surface area contributed by atoms with Gasteiger partial charge in [-0.2, -0.15) is 5.10 Å². The Labute approximate surface area is 175 Å². The fourth-order valence-electron chi connectivity index (χ4n) is 4.45. The lowest BCUT2D eigenvalue weighted by atomic mass is 9.89. The fourth-order valence-corrected chi connectivity index (χ4v) is 4.58. The lowest BCUT2D eigenvalue weighted by Gasteiger charge is -2.31. The second-order valence-electron chi connectivity index (χ2n) is 7.90. The zero-order valence-corrected chi connectivity index (χ0v) is 17.3. The largest absolute Gasteiger partial charge is 0.315 e. The van der Waals surface area contributed by atoms with Crippen molar-refractivity contribution in [1.29, 1.82) is 0 Å². The highest BCUT2D eigenvalue weighted by Crippen LogP contribution is 2.35. The summed E-state index contributed by atoms with van der Waals surface area (Å²) in [6.45, 7) is 3.20. The molecule has 0 atom stereocenters. The predicted octanol–water partition coefficient (Wildman–Crippen LogP) is 4.79. The van der Waals surface area contributed by atoms with Gasteiger partial charge in [0.15, 0.2) is 0 Å². The molecule has 0 N–H and O–H groups in total. The van der Waals surface area contributed by atoms with Crippen molar-refractivity contribution in [3.8, 4) is 5.69 Å². The highest BCUT2D eigenvalue weighted by molar-refractivity contribution is 6.30. The number of nitrogens with zero attached hydrogens (tertiary/aromatic N) is 5. The lowest BCUT2D eigenvalue weighted by molar-refractivity contribution is 0.205. The second kappa shape index (κ2) is 7.65. The zero-order valence-electron chi connectivity index (χ0n) is 16.5. The van der Waals surface area contributed by atoms with Crippen LogP contribution in [-0.2, 0) is 13.6 Å². The van der Waals surface area contributed by atoms with Gasteiger partial charge >= 0.3 is 0 Å². The molecule has 0 amide bonds. The Bertz CT molecular complexity index is 1120. The van der Waals surface area contributed by atoms with Crippen molar-refractivity contribution in [2.45, 2.75) is 25.3 Å². The molecule has 29 heavy (non-hydrogen) atoms. The predicted molar refractivity (Wildman–Crippen MR) is 117 cm³/mol. The number of halogens is 1. The summed E-state index contributed by atoms with van der Waals surface area (Å²) in [6, 6.07) is 10.2. The number of aryl methyl sites for hydroxylation is 1. The molecule has 6 heteroatoms. The van der Waals surface area contributed by atoms with Crippen LogP contribution in [0.3, 0.4) is 0 Å². The SMILES string of the molecule is Cn1cc(CN2CCC(c3cn(-c4ccc(Cl)cc4)c4cnccc34)CC2)cn1. The molecule has 148 valence electrons. The summed E-state index contributed by atoms with van der Waals surface area (Å²) < 4.78 is 4.12. The number of hydrogen-bond acceptors (Lipinski definition) is 3. The molecule has 1 aliphatic rings. The Morgan fingerprint density at radius 2 is 1.83 bits per heavy atom. The Morgan fingerprint density at radius 1 is 1.03 bits per heavy atom. The van der Waals surface area contributed by atoms with Gasteiger partial charge in [0.2, 0.25) is 0 Å². The van der Waals surface area contributed by atoms with E-state index in [2.05, 4.69) is 50.1 Å². The van der Waals surface area contributed by atoms with Crippen LogP contribution < -0.4 is 0 Å². The van der Waals surface area contributed by atoms with Gasteiger partial charge in [-0.3, -0.25) is 14.6 Å². The molecule has 0 aliphatic carbocycles. The van der Waals surface area contributed by atoms with Crippen LogP contribution >= 0.6 is 11.6 Å². The van der Waals surface area contributed by atoms with Gasteiger partial charge in [-0.05, 0) is 67.7 Å². The summed E-state index contributed by atoms with van der Waals surface area (Å²) in [7, 11) is 1.97. The number of fused-ring (bicyclic) bond motifs is 1. The third-order valence-corrected chi connectivity index (χ3v) is 6.19. The van der Waals surface area contributed by atoms with Crippen molar-refractivity contribution < 1.29 is 0 Å². The number of hydrogen-bond donors (Lipinski definition) is 0. The fraction of sp³-hybridized carbons (Fsp3) is 0.304. The summed E-state index contributed by atoms with van der Waals surface area (Å²) in [5, 5.41) is 6.35. The Morgan fingerprint density at radius 3 is 2.55 bits per heavy atom. The molecule has 0 unspecified atom stereocenters. The number of likely N-dealkylation sites (tertiary alicyclic amines) is 1. The van der Waals surface area contributed by atoms with E-state index >= 15 is 0 Å². The van der Waals surface area contributed by atoms with E-state index in [0.717, 1.165) is 35.9 Å². The third-order valence-electron chi connectivity index (χ3n) is 5.94. The normalized spacial score (nSPS) is 15.9. The Kier molecular flexibility index (Phi) is 4.86. The standard InChI is InChI=1S/C23H24ClN5/c1-27-14-17(12-26-27)15-28-10-7-18(8-11-28)22-16-29(20-4-2-19(24)3-5-20)23-13-25-9-6-21(22)23/h2-6,9,12-14,16,18H,7-8,10-11,15H2,1H3. The van der Waals surface area contributed by atoms with Gasteiger partial charge in [0.1, 0.15) is 0 Å². The molecule has 3 aromatic heterocycles. The maximum absolute atomic E-state index is 6.09. The van der Waals surface area contributed by atoms with E-state index in [1.165, 1.54) is 29.4 Å². The van der Waals surface area contributed by atoms with Gasteiger partial charge in [0.05, 0.1) is 17.9 Å². The van der Waals surface area contributed by atoms with Crippen LogP contribution in [0.25, 0.3) is 16.6 Å². The monoisotopic (exact) mass is 405 g/mol. The first-order valence-electron chi connectivity index (χ1n) is 10.1. The summed E-state index contributed by atoms with van der Waals surface area (Å²) in [6.07, 6.45) is 12.6. The molecule has 0 saturated carbocycles. The van der Waals surface area contributed by atoms with E-state index < -0.39 is 0 Å². The van der Waals surface area contributed by atoms with Crippen LogP contribution in [0.1, 0.15) is 29.9 Å². The maximum Gasteiger partial charge on any atom is 0.0715 e. The van der Waals surface area contributed by atoms with Crippen LogP contribution in [0.4, 0.5) is 0 Å². The van der Waals surface area contributed by atoms with Crippen molar-refractivity contribution in [3.63, 3.8) is 0 Å². The lowest BCUT2D eigenvalue weighted by Crippen LogP contribution is -2.32. The second-order valence-corrected chi connectivity index (χ2v) is 8.33. The first kappa shape index (κ1) is 18.4. The first-order chi connectivity index (χ1) is 14.2. The molecule has 1 aromatic carbocycles. The molecule has 1 saturated heterocycles. The van der Waals surface area contributed by atoms with Crippen LogP contribution in [0.2, 0.25) is 5.02 Å². The zero-order chi connectivity index (χ0) is 19.8. The molecule has 5 rings (SSSR count). The van der Waals surface area contributed by atoms with Gasteiger partial charge in [0.25, 0.3) is 0 Å². The maximum atomic E-state index is 6.09. The van der Waals surface area contributed by atoms with Crippen LogP contribution in [0.15, 0.2) is 61.3 Å². The average Bonchev–Trinajstić information content (AvgIpc) is 3.33. The Balaban J connectivity index is 1.39. The van der Waals surface area contributed by atoms with Crippen molar-refractivity contribution >= 4 is 22.5 Å². The summed E-state index contributed by atoms with van der Waals surface area (Å²) >= 11 is 6.09. The van der Waals surface area contributed by atoms with E-state index in [1.807, 2.05) is 42.5 Å². The van der Waals surface area contributed by atoms with Crippen molar-refractivity contribution in [2.24, 2.45) is 7.05 Å². The van der Waals surface area contributed by atoms with Crippen LogP contribution in [0.5, 0.6) is 0 Å². The first-order valence-corrected chi connectivity index (χ1v) is 10.5. The van der Waals surface area contributed by atoms with E-state index in [1.54, 1.807) is 0 Å². The van der Waals surface area contributed by atoms with E-state index in [0.29, 0.717) is 5.92 Å². The molecule has 5 nitrogen and oxygen atoms in total. The van der Waals surface area contributed by atoms with Gasteiger partial charge in [-0.25, -0.2) is 0 Å². The number of benzene rings is 1. The van der Waals surface area contributed by atoms with Gasteiger partial charge in [0, 0.05) is 53.8 Å². The molecular weight excluding hydrogens is 382 g/mol. The van der Waals surface area contributed by atoms with Crippen molar-refractivity contribution in [1.82, 2.24) is 24.2 Å². The molecule has 0 bridgehead atoms. The summed E-state index contributed by atoms with van der Waals surface area (Å²) in [5.74, 6) is 0.568. The van der Waals surface area contributed by atoms with Gasteiger partial charge < -0.3 is 4.57 Å². The molecule has 0 spiro atoms. The third kappa shape index (κ3) is 3.68. The number of pyridine rings is 1. The van der Waals surface area contributed by atoms with E-state index in [9.17, 15) is 0 Å². The van der Waals surface area contributed by atoms with Crippen LogP contribution in [-0.4, -0.2) is 37.3 Å². The van der Waals surface area contributed by atoms with Gasteiger partial charge in [-0.1, -0.05) is 11.6 Å². The van der Waals surface area contributed by atoms with Crippen molar-refractivity contribution in [3.05, 3.63) is 77.5 Å².